The van der Waals surface area contributed by atoms with E-state index in [1.807, 2.05) is 32.0 Å². The lowest BCUT2D eigenvalue weighted by Gasteiger charge is -2.47. The third-order valence-corrected chi connectivity index (χ3v) is 9.33. The minimum Gasteiger partial charge on any atom is -0.353 e. The lowest BCUT2D eigenvalue weighted by molar-refractivity contribution is -0.351. The van der Waals surface area contributed by atoms with Crippen molar-refractivity contribution in [2.75, 3.05) is 13.7 Å². The van der Waals surface area contributed by atoms with E-state index in [0.717, 1.165) is 11.1 Å². The standard InChI is InChI=1S/C28H30O10S2/c1-18-9-13-21(14-10-18)39(29,30)37-25-24-23(17-34-27(36-24)20-7-5-4-6-8-20)35-28(33-3)26(25)38-40(31,32)22-15-11-19(2)12-16-22/h4-16,23-28H,17H2,1-3H3. The molecule has 0 saturated carbocycles. The average molecular weight is 591 g/mol. The van der Waals surface area contributed by atoms with Gasteiger partial charge in [0.25, 0.3) is 20.2 Å². The molecule has 10 nitrogen and oxygen atoms in total. The molecule has 0 aromatic heterocycles. The Bertz CT molecular complexity index is 1510. The summed E-state index contributed by atoms with van der Waals surface area (Å²) >= 11 is 0. The molecule has 2 saturated heterocycles. The second-order valence-corrected chi connectivity index (χ2v) is 12.8. The highest BCUT2D eigenvalue weighted by Gasteiger charge is 2.54. The van der Waals surface area contributed by atoms with Crippen LogP contribution in [0.2, 0.25) is 0 Å². The molecule has 3 aromatic carbocycles. The van der Waals surface area contributed by atoms with Gasteiger partial charge < -0.3 is 18.9 Å². The summed E-state index contributed by atoms with van der Waals surface area (Å²) in [7, 11) is -7.52. The van der Waals surface area contributed by atoms with Gasteiger partial charge in [-0.15, -0.1) is 0 Å². The van der Waals surface area contributed by atoms with E-state index in [-0.39, 0.29) is 16.4 Å². The lowest BCUT2D eigenvalue weighted by Crippen LogP contribution is -2.64. The van der Waals surface area contributed by atoms with Gasteiger partial charge in [0.05, 0.1) is 16.4 Å². The third kappa shape index (κ3) is 6.14. The highest BCUT2D eigenvalue weighted by atomic mass is 32.2. The summed E-state index contributed by atoms with van der Waals surface area (Å²) in [6.07, 6.45) is -7.17. The molecular weight excluding hydrogens is 560 g/mol. The summed E-state index contributed by atoms with van der Waals surface area (Å²) < 4.78 is 88.4. The Morgan fingerprint density at radius 1 is 0.700 bits per heavy atom. The summed E-state index contributed by atoms with van der Waals surface area (Å²) in [5, 5.41) is 0. The molecule has 0 radical (unpaired) electrons. The van der Waals surface area contributed by atoms with Crippen molar-refractivity contribution in [2.45, 2.75) is 60.6 Å². The number of methoxy groups -OCH3 is 1. The zero-order valence-electron chi connectivity index (χ0n) is 22.1. The first-order valence-electron chi connectivity index (χ1n) is 12.6. The van der Waals surface area contributed by atoms with E-state index in [1.165, 1.54) is 31.4 Å². The van der Waals surface area contributed by atoms with E-state index < -0.39 is 57.2 Å². The van der Waals surface area contributed by atoms with Gasteiger partial charge in [-0.05, 0) is 38.1 Å². The monoisotopic (exact) mass is 590 g/mol. The van der Waals surface area contributed by atoms with E-state index in [9.17, 15) is 16.8 Å². The Morgan fingerprint density at radius 2 is 1.23 bits per heavy atom. The molecule has 5 rings (SSSR count). The number of rotatable bonds is 8. The van der Waals surface area contributed by atoms with Crippen LogP contribution in [-0.2, 0) is 47.5 Å². The van der Waals surface area contributed by atoms with Gasteiger partial charge in [0, 0.05) is 12.7 Å². The molecule has 0 N–H and O–H groups in total. The SMILES string of the molecule is COC1OC2COC(c3ccccc3)OC2C(OS(=O)(=O)c2ccc(C)cc2)C1OS(=O)(=O)c1ccc(C)cc1. The van der Waals surface area contributed by atoms with Gasteiger partial charge in [0.2, 0.25) is 0 Å². The minimum absolute atomic E-state index is 0.00591. The molecule has 12 heteroatoms. The Balaban J connectivity index is 1.53. The summed E-state index contributed by atoms with van der Waals surface area (Å²) in [6, 6.07) is 21.2. The summed E-state index contributed by atoms with van der Waals surface area (Å²) in [4.78, 5) is -0.229. The van der Waals surface area contributed by atoms with Crippen molar-refractivity contribution >= 4 is 20.2 Å². The first-order valence-corrected chi connectivity index (χ1v) is 15.4. The molecule has 0 bridgehead atoms. The number of ether oxygens (including phenoxy) is 4. The molecule has 0 spiro atoms. The van der Waals surface area contributed by atoms with Crippen LogP contribution in [0.4, 0.5) is 0 Å². The largest absolute Gasteiger partial charge is 0.353 e. The molecule has 0 aliphatic carbocycles. The minimum atomic E-state index is -4.41. The summed E-state index contributed by atoms with van der Waals surface area (Å²) in [6.45, 7) is 3.65. The molecule has 3 aromatic rings. The first kappa shape index (κ1) is 28.8. The number of fused-ring (bicyclic) bond motifs is 1. The van der Waals surface area contributed by atoms with Gasteiger partial charge in [-0.2, -0.15) is 16.8 Å². The van der Waals surface area contributed by atoms with Crippen LogP contribution in [0.15, 0.2) is 88.7 Å². The fraction of sp³-hybridized carbons (Fsp3) is 0.357. The van der Waals surface area contributed by atoms with Crippen molar-refractivity contribution in [1.82, 2.24) is 0 Å². The van der Waals surface area contributed by atoms with Crippen molar-refractivity contribution in [2.24, 2.45) is 0 Å². The van der Waals surface area contributed by atoms with Crippen molar-refractivity contribution in [3.8, 4) is 0 Å². The predicted octanol–water partition coefficient (Wildman–Crippen LogP) is 3.64. The Hall–Kier alpha value is -2.68. The molecule has 214 valence electrons. The number of aryl methyl sites for hydroxylation is 2. The van der Waals surface area contributed by atoms with E-state index in [2.05, 4.69) is 0 Å². The summed E-state index contributed by atoms with van der Waals surface area (Å²) in [5.74, 6) is 0. The van der Waals surface area contributed by atoms with Crippen LogP contribution in [0.3, 0.4) is 0 Å². The number of benzene rings is 3. The molecule has 2 aliphatic heterocycles. The van der Waals surface area contributed by atoms with E-state index in [0.29, 0.717) is 5.56 Å². The second kappa shape index (κ2) is 11.7. The Labute approximate surface area is 234 Å². The topological polar surface area (TPSA) is 124 Å². The fourth-order valence-electron chi connectivity index (χ4n) is 4.54. The van der Waals surface area contributed by atoms with Gasteiger partial charge in [-0.25, -0.2) is 0 Å². The van der Waals surface area contributed by atoms with Crippen LogP contribution in [-0.4, -0.2) is 61.3 Å². The zero-order valence-corrected chi connectivity index (χ0v) is 23.7. The maximum absolute atomic E-state index is 13.5. The van der Waals surface area contributed by atoms with Crippen LogP contribution in [0.5, 0.6) is 0 Å². The highest BCUT2D eigenvalue weighted by Crippen LogP contribution is 2.38. The van der Waals surface area contributed by atoms with E-state index in [1.54, 1.807) is 36.4 Å². The van der Waals surface area contributed by atoms with Crippen molar-refractivity contribution < 1.29 is 44.1 Å². The van der Waals surface area contributed by atoms with Crippen LogP contribution >= 0.6 is 0 Å². The zero-order chi connectivity index (χ0) is 28.5. The van der Waals surface area contributed by atoms with Crippen LogP contribution in [0, 0.1) is 13.8 Å². The van der Waals surface area contributed by atoms with E-state index >= 15 is 0 Å². The van der Waals surface area contributed by atoms with Gasteiger partial charge in [-0.1, -0.05) is 65.7 Å². The van der Waals surface area contributed by atoms with Gasteiger partial charge in [-0.3, -0.25) is 8.37 Å². The maximum atomic E-state index is 13.5. The number of hydrogen-bond acceptors (Lipinski definition) is 10. The molecule has 6 atom stereocenters. The quantitative estimate of drug-likeness (QED) is 0.359. The van der Waals surface area contributed by atoms with Crippen molar-refractivity contribution in [3.05, 3.63) is 95.6 Å². The molecule has 2 heterocycles. The highest BCUT2D eigenvalue weighted by molar-refractivity contribution is 7.87. The first-order chi connectivity index (χ1) is 19.1. The smallest absolute Gasteiger partial charge is 0.297 e. The molecule has 2 aliphatic rings. The van der Waals surface area contributed by atoms with Gasteiger partial charge >= 0.3 is 0 Å². The van der Waals surface area contributed by atoms with Crippen LogP contribution < -0.4 is 0 Å². The maximum Gasteiger partial charge on any atom is 0.297 e. The Morgan fingerprint density at radius 3 is 1.75 bits per heavy atom. The van der Waals surface area contributed by atoms with Crippen molar-refractivity contribution in [1.29, 1.82) is 0 Å². The fourth-order valence-corrected chi connectivity index (χ4v) is 6.71. The number of hydrogen-bond donors (Lipinski definition) is 0. The molecular formula is C28H30O10S2. The Kier molecular flexibility index (Phi) is 8.41. The van der Waals surface area contributed by atoms with Gasteiger partial charge in [0.15, 0.2) is 18.7 Å². The molecule has 0 amide bonds. The van der Waals surface area contributed by atoms with Crippen molar-refractivity contribution in [3.63, 3.8) is 0 Å². The average Bonchev–Trinajstić information content (AvgIpc) is 2.94. The van der Waals surface area contributed by atoms with Gasteiger partial charge in [0.1, 0.15) is 18.3 Å². The third-order valence-electron chi connectivity index (χ3n) is 6.68. The van der Waals surface area contributed by atoms with Crippen LogP contribution in [0.1, 0.15) is 23.0 Å². The second-order valence-electron chi connectivity index (χ2n) is 9.61. The molecule has 40 heavy (non-hydrogen) atoms. The summed E-state index contributed by atoms with van der Waals surface area (Å²) in [5.41, 5.74) is 2.39. The molecule has 6 unspecified atom stereocenters. The normalized spacial score (nSPS) is 27.2. The lowest BCUT2D eigenvalue weighted by atomic mass is 9.98. The predicted molar refractivity (Wildman–Crippen MR) is 142 cm³/mol. The molecule has 2 fully saturated rings. The van der Waals surface area contributed by atoms with Crippen LogP contribution in [0.25, 0.3) is 0 Å². The van der Waals surface area contributed by atoms with E-state index in [4.69, 9.17) is 27.3 Å².